The molecule has 0 amide bonds. The van der Waals surface area contributed by atoms with E-state index in [1.54, 1.807) is 19.1 Å². The van der Waals surface area contributed by atoms with Crippen LogP contribution in [0.3, 0.4) is 0 Å². The number of hydrogen-bond donors (Lipinski definition) is 3. The first kappa shape index (κ1) is 19.0. The van der Waals surface area contributed by atoms with E-state index >= 15 is 0 Å². The molecular weight excluding hydrogens is 344 g/mol. The number of benzene rings is 1. The lowest BCUT2D eigenvalue weighted by molar-refractivity contribution is 0.0697. The molecule has 1 aromatic carbocycles. The topological polar surface area (TPSA) is 109 Å². The molecule has 0 aliphatic carbocycles. The number of carboxylic acid groups (broad SMARTS) is 1. The third-order valence-corrected chi connectivity index (χ3v) is 5.23. The summed E-state index contributed by atoms with van der Waals surface area (Å²) in [5.74, 6) is -0.566. The van der Waals surface area contributed by atoms with Crippen molar-refractivity contribution in [2.24, 2.45) is 0 Å². The molecule has 0 aliphatic heterocycles. The fourth-order valence-electron chi connectivity index (χ4n) is 2.44. The third kappa shape index (κ3) is 5.07. The Labute approximate surface area is 147 Å². The van der Waals surface area contributed by atoms with Crippen LogP contribution in [0, 0.1) is 0 Å². The van der Waals surface area contributed by atoms with Crippen LogP contribution >= 0.6 is 0 Å². The number of carboxylic acids is 1. The summed E-state index contributed by atoms with van der Waals surface area (Å²) in [7, 11) is -3.77. The van der Waals surface area contributed by atoms with E-state index in [1.807, 2.05) is 6.92 Å². The highest BCUT2D eigenvalue weighted by Crippen LogP contribution is 2.22. The van der Waals surface area contributed by atoms with E-state index in [4.69, 9.17) is 4.42 Å². The van der Waals surface area contributed by atoms with Gasteiger partial charge in [-0.1, -0.05) is 13.3 Å². The zero-order valence-electron chi connectivity index (χ0n) is 14.2. The number of furan rings is 1. The van der Waals surface area contributed by atoms with Gasteiger partial charge in [-0.15, -0.1) is 0 Å². The Kier molecular flexibility index (Phi) is 6.22. The number of nitrogens with one attached hydrogen (secondary N) is 2. The smallest absolute Gasteiger partial charge is 0.337 e. The molecule has 136 valence electrons. The molecule has 0 aliphatic rings. The molecule has 1 atom stereocenters. The van der Waals surface area contributed by atoms with Gasteiger partial charge in [0.05, 0.1) is 23.3 Å². The molecule has 0 bridgehead atoms. The van der Waals surface area contributed by atoms with E-state index in [1.165, 1.54) is 18.4 Å². The summed E-state index contributed by atoms with van der Waals surface area (Å²) in [5.41, 5.74) is 0.210. The van der Waals surface area contributed by atoms with Gasteiger partial charge in [0.15, 0.2) is 0 Å². The number of anilines is 1. The van der Waals surface area contributed by atoms with Crippen LogP contribution in [0.15, 0.2) is 45.9 Å². The lowest BCUT2D eigenvalue weighted by Gasteiger charge is -2.15. The van der Waals surface area contributed by atoms with Crippen LogP contribution in [0.4, 0.5) is 5.69 Å². The van der Waals surface area contributed by atoms with Gasteiger partial charge in [0.25, 0.3) is 0 Å². The van der Waals surface area contributed by atoms with E-state index in [9.17, 15) is 18.3 Å². The molecule has 1 heterocycles. The van der Waals surface area contributed by atoms with Crippen molar-refractivity contribution in [3.05, 3.63) is 47.9 Å². The average molecular weight is 366 g/mol. The summed E-state index contributed by atoms with van der Waals surface area (Å²) in [4.78, 5) is 11.4. The van der Waals surface area contributed by atoms with Crippen molar-refractivity contribution < 1.29 is 22.7 Å². The molecule has 25 heavy (non-hydrogen) atoms. The molecule has 0 saturated carbocycles. The van der Waals surface area contributed by atoms with E-state index in [-0.39, 0.29) is 16.5 Å². The molecule has 3 N–H and O–H groups in total. The first-order valence-electron chi connectivity index (χ1n) is 7.99. The molecule has 0 spiro atoms. The Morgan fingerprint density at radius 2 is 2.08 bits per heavy atom. The Balaban J connectivity index is 2.24. The second-order valence-corrected chi connectivity index (χ2v) is 7.47. The van der Waals surface area contributed by atoms with E-state index in [0.717, 1.165) is 12.5 Å². The second-order valence-electron chi connectivity index (χ2n) is 5.76. The normalized spacial score (nSPS) is 12.7. The highest BCUT2D eigenvalue weighted by Gasteiger charge is 2.20. The number of rotatable bonds is 9. The van der Waals surface area contributed by atoms with Crippen LogP contribution in [0.1, 0.15) is 42.8 Å². The van der Waals surface area contributed by atoms with Gasteiger partial charge < -0.3 is 14.8 Å². The molecule has 0 saturated heterocycles. The molecule has 0 radical (unpaired) electrons. The van der Waals surface area contributed by atoms with Crippen LogP contribution in [0.25, 0.3) is 0 Å². The van der Waals surface area contributed by atoms with Gasteiger partial charge in [-0.05, 0) is 43.7 Å². The lowest BCUT2D eigenvalue weighted by Crippen LogP contribution is -2.32. The second kappa shape index (κ2) is 8.17. The zero-order valence-corrected chi connectivity index (χ0v) is 15.0. The summed E-state index contributed by atoms with van der Waals surface area (Å²) in [6, 6.07) is 7.26. The van der Waals surface area contributed by atoms with E-state index in [0.29, 0.717) is 24.4 Å². The first-order chi connectivity index (χ1) is 11.8. The van der Waals surface area contributed by atoms with Gasteiger partial charge in [-0.2, -0.15) is 0 Å². The number of hydrogen-bond acceptors (Lipinski definition) is 5. The number of carbonyl (C=O) groups is 1. The maximum absolute atomic E-state index is 12.4. The van der Waals surface area contributed by atoms with Crippen molar-refractivity contribution in [2.75, 3.05) is 5.32 Å². The minimum Gasteiger partial charge on any atom is -0.478 e. The molecule has 2 rings (SSSR count). The minimum atomic E-state index is -3.77. The molecule has 8 heteroatoms. The van der Waals surface area contributed by atoms with E-state index < -0.39 is 16.0 Å². The first-order valence-corrected chi connectivity index (χ1v) is 9.47. The van der Waals surface area contributed by atoms with Crippen molar-refractivity contribution in [1.82, 2.24) is 4.72 Å². The van der Waals surface area contributed by atoms with Gasteiger partial charge in [0, 0.05) is 11.7 Å². The fraction of sp³-hybridized carbons (Fsp3) is 0.353. The largest absolute Gasteiger partial charge is 0.478 e. The van der Waals surface area contributed by atoms with Crippen molar-refractivity contribution in [3.8, 4) is 0 Å². The lowest BCUT2D eigenvalue weighted by atomic mass is 10.2. The van der Waals surface area contributed by atoms with Gasteiger partial charge in [-0.25, -0.2) is 17.9 Å². The summed E-state index contributed by atoms with van der Waals surface area (Å²) in [6.45, 7) is 4.04. The Morgan fingerprint density at radius 3 is 2.68 bits per heavy atom. The Hall–Kier alpha value is -2.32. The predicted octanol–water partition coefficient (Wildman–Crippen LogP) is 3.06. The van der Waals surface area contributed by atoms with Gasteiger partial charge in [0.2, 0.25) is 10.0 Å². The maximum Gasteiger partial charge on any atom is 0.337 e. The highest BCUT2D eigenvalue weighted by molar-refractivity contribution is 7.89. The molecule has 7 nitrogen and oxygen atoms in total. The predicted molar refractivity (Wildman–Crippen MR) is 94.1 cm³/mol. The van der Waals surface area contributed by atoms with Crippen LogP contribution in [0.5, 0.6) is 0 Å². The third-order valence-electron chi connectivity index (χ3n) is 3.64. The summed E-state index contributed by atoms with van der Waals surface area (Å²) >= 11 is 0. The van der Waals surface area contributed by atoms with Crippen LogP contribution in [0.2, 0.25) is 0 Å². The molecule has 1 aromatic heterocycles. The van der Waals surface area contributed by atoms with E-state index in [2.05, 4.69) is 10.0 Å². The highest BCUT2D eigenvalue weighted by atomic mass is 32.2. The van der Waals surface area contributed by atoms with Crippen molar-refractivity contribution in [3.63, 3.8) is 0 Å². The summed E-state index contributed by atoms with van der Waals surface area (Å²) < 4.78 is 32.6. The zero-order chi connectivity index (χ0) is 18.4. The van der Waals surface area contributed by atoms with Crippen molar-refractivity contribution in [1.29, 1.82) is 0 Å². The number of sulfonamides is 1. The van der Waals surface area contributed by atoms with Gasteiger partial charge in [-0.3, -0.25) is 0 Å². The Bertz CT molecular complexity index is 816. The van der Waals surface area contributed by atoms with Gasteiger partial charge >= 0.3 is 5.97 Å². The molecule has 0 unspecified atom stereocenters. The van der Waals surface area contributed by atoms with Crippen LogP contribution in [-0.2, 0) is 16.6 Å². The van der Waals surface area contributed by atoms with Crippen molar-refractivity contribution in [2.45, 2.75) is 44.2 Å². The average Bonchev–Trinajstić information content (AvgIpc) is 3.05. The molecule has 2 aromatic rings. The summed E-state index contributed by atoms with van der Waals surface area (Å²) in [6.07, 6.45) is 3.07. The number of aromatic carboxylic acids is 1. The summed E-state index contributed by atoms with van der Waals surface area (Å²) in [5, 5.41) is 12.3. The van der Waals surface area contributed by atoms with Crippen molar-refractivity contribution >= 4 is 21.7 Å². The SMILES string of the molecule is CCC[C@H](C)NS(=O)(=O)c1ccc(NCc2ccco2)c(C(=O)O)c1. The Morgan fingerprint density at radius 1 is 1.32 bits per heavy atom. The molecule has 0 fully saturated rings. The standard InChI is InChI=1S/C17H22N2O5S/c1-3-5-12(2)19-25(22,23)14-7-8-16(15(10-14)17(20)21)18-11-13-6-4-9-24-13/h4,6-10,12,18-19H,3,5,11H2,1-2H3,(H,20,21)/t12-/m0/s1. The fourth-order valence-corrected chi connectivity index (χ4v) is 3.75. The van der Waals surface area contributed by atoms with Crippen LogP contribution < -0.4 is 10.0 Å². The monoisotopic (exact) mass is 366 g/mol. The quantitative estimate of drug-likeness (QED) is 0.629. The van der Waals surface area contributed by atoms with Gasteiger partial charge in [0.1, 0.15) is 5.76 Å². The minimum absolute atomic E-state index is 0.0728. The van der Waals surface area contributed by atoms with Crippen LogP contribution in [-0.4, -0.2) is 25.5 Å². The molecular formula is C17H22N2O5S. The maximum atomic E-state index is 12.4.